The highest BCUT2D eigenvalue weighted by Gasteiger charge is 2.19. The van der Waals surface area contributed by atoms with Gasteiger partial charge in [0.05, 0.1) is 22.6 Å². The van der Waals surface area contributed by atoms with Gasteiger partial charge in [-0.05, 0) is 64.1 Å². The molecule has 1 aromatic heterocycles. The fourth-order valence-corrected chi connectivity index (χ4v) is 3.05. The minimum Gasteiger partial charge on any atom is -0.336 e. The highest BCUT2D eigenvalue weighted by molar-refractivity contribution is 6.06. The maximum atomic E-state index is 12.8. The number of aromatic nitrogens is 2. The van der Waals surface area contributed by atoms with Crippen molar-refractivity contribution in [1.29, 1.82) is 0 Å². The zero-order valence-corrected chi connectivity index (χ0v) is 17.0. The number of anilines is 2. The van der Waals surface area contributed by atoms with Crippen LogP contribution in [0, 0.1) is 13.8 Å². The van der Waals surface area contributed by atoms with Gasteiger partial charge < -0.3 is 16.0 Å². The van der Waals surface area contributed by atoms with Gasteiger partial charge in [-0.3, -0.25) is 4.79 Å². The molecule has 0 aliphatic rings. The number of hydrogen-bond acceptors (Lipinski definition) is 3. The largest absolute Gasteiger partial charge is 0.336 e. The molecule has 3 rings (SSSR count). The number of para-hydroxylation sites is 1. The van der Waals surface area contributed by atoms with Gasteiger partial charge in [-0.15, -0.1) is 0 Å². The van der Waals surface area contributed by atoms with E-state index < -0.39 is 0 Å². The monoisotopic (exact) mass is 391 g/mol. The zero-order chi connectivity index (χ0) is 21.0. The molecule has 7 nitrogen and oxygen atoms in total. The number of aryl methyl sites for hydroxylation is 1. The number of hydrogen-bond donors (Lipinski definition) is 3. The second kappa shape index (κ2) is 8.60. The van der Waals surface area contributed by atoms with Gasteiger partial charge in [0.1, 0.15) is 0 Å². The van der Waals surface area contributed by atoms with E-state index in [1.54, 1.807) is 28.9 Å². The van der Waals surface area contributed by atoms with Crippen molar-refractivity contribution in [2.24, 2.45) is 0 Å². The SMILES string of the molecule is Cc1nn(-c2ccccc2)c(C)c1C(=O)Nc1ccc(NC(=O)NC(C)C)cc1. The Hall–Kier alpha value is -3.61. The van der Waals surface area contributed by atoms with Gasteiger partial charge in [0, 0.05) is 17.4 Å². The third-order valence-electron chi connectivity index (χ3n) is 4.34. The van der Waals surface area contributed by atoms with Gasteiger partial charge in [-0.1, -0.05) is 18.2 Å². The van der Waals surface area contributed by atoms with Gasteiger partial charge in [0.2, 0.25) is 0 Å². The number of benzene rings is 2. The summed E-state index contributed by atoms with van der Waals surface area (Å²) in [4.78, 5) is 24.6. The fourth-order valence-electron chi connectivity index (χ4n) is 3.05. The van der Waals surface area contributed by atoms with Crippen LogP contribution in [0.15, 0.2) is 54.6 Å². The quantitative estimate of drug-likeness (QED) is 0.607. The Labute approximate surface area is 170 Å². The second-order valence-electron chi connectivity index (χ2n) is 7.08. The van der Waals surface area contributed by atoms with E-state index >= 15 is 0 Å². The summed E-state index contributed by atoms with van der Waals surface area (Å²) < 4.78 is 1.77. The molecule has 0 spiro atoms. The molecule has 0 radical (unpaired) electrons. The van der Waals surface area contributed by atoms with Crippen LogP contribution in [0.4, 0.5) is 16.2 Å². The number of nitrogens with one attached hydrogen (secondary N) is 3. The standard InChI is InChI=1S/C22H25N5O2/c1-14(2)23-22(29)25-18-12-10-17(11-13-18)24-21(28)20-15(3)26-27(16(20)4)19-8-6-5-7-9-19/h5-14H,1-4H3,(H,24,28)(H2,23,25,29). The lowest BCUT2D eigenvalue weighted by molar-refractivity contribution is 0.102. The van der Waals surface area contributed by atoms with E-state index in [1.807, 2.05) is 58.0 Å². The lowest BCUT2D eigenvalue weighted by Gasteiger charge is -2.11. The van der Waals surface area contributed by atoms with Crippen LogP contribution in [0.25, 0.3) is 5.69 Å². The average molecular weight is 391 g/mol. The normalized spacial score (nSPS) is 10.7. The Morgan fingerprint density at radius 3 is 2.07 bits per heavy atom. The molecule has 0 aliphatic heterocycles. The highest BCUT2D eigenvalue weighted by Crippen LogP contribution is 2.20. The molecular weight excluding hydrogens is 366 g/mol. The van der Waals surface area contributed by atoms with Crippen LogP contribution < -0.4 is 16.0 Å². The molecule has 150 valence electrons. The number of amides is 3. The van der Waals surface area contributed by atoms with Crippen LogP contribution in [0.2, 0.25) is 0 Å². The first-order valence-corrected chi connectivity index (χ1v) is 9.45. The molecule has 3 amide bonds. The Morgan fingerprint density at radius 1 is 0.897 bits per heavy atom. The van der Waals surface area contributed by atoms with Crippen molar-refractivity contribution in [1.82, 2.24) is 15.1 Å². The summed E-state index contributed by atoms with van der Waals surface area (Å²) in [5, 5.41) is 12.9. The van der Waals surface area contributed by atoms with Gasteiger partial charge in [-0.25, -0.2) is 9.48 Å². The minimum absolute atomic E-state index is 0.0526. The van der Waals surface area contributed by atoms with Crippen molar-refractivity contribution in [2.45, 2.75) is 33.7 Å². The van der Waals surface area contributed by atoms with Crippen molar-refractivity contribution in [3.05, 3.63) is 71.5 Å². The van der Waals surface area contributed by atoms with E-state index in [1.165, 1.54) is 0 Å². The number of nitrogens with zero attached hydrogens (tertiary/aromatic N) is 2. The van der Waals surface area contributed by atoms with Gasteiger partial charge in [-0.2, -0.15) is 5.10 Å². The van der Waals surface area contributed by atoms with Crippen molar-refractivity contribution < 1.29 is 9.59 Å². The Bertz CT molecular complexity index is 1010. The zero-order valence-electron chi connectivity index (χ0n) is 17.0. The van der Waals surface area contributed by atoms with Crippen LogP contribution in [-0.2, 0) is 0 Å². The highest BCUT2D eigenvalue weighted by atomic mass is 16.2. The topological polar surface area (TPSA) is 88.1 Å². The summed E-state index contributed by atoms with van der Waals surface area (Å²) in [7, 11) is 0. The van der Waals surface area contributed by atoms with Crippen LogP contribution in [0.3, 0.4) is 0 Å². The molecule has 0 fully saturated rings. The van der Waals surface area contributed by atoms with Crippen LogP contribution in [0.1, 0.15) is 35.6 Å². The molecule has 3 aromatic rings. The molecule has 29 heavy (non-hydrogen) atoms. The van der Waals surface area contributed by atoms with E-state index in [9.17, 15) is 9.59 Å². The van der Waals surface area contributed by atoms with E-state index in [-0.39, 0.29) is 18.0 Å². The third kappa shape index (κ3) is 4.82. The van der Waals surface area contributed by atoms with E-state index in [0.717, 1.165) is 11.4 Å². The Morgan fingerprint density at radius 2 is 1.48 bits per heavy atom. The van der Waals surface area contributed by atoms with E-state index in [4.69, 9.17) is 0 Å². The molecule has 0 saturated carbocycles. The fraction of sp³-hybridized carbons (Fsp3) is 0.227. The van der Waals surface area contributed by atoms with Gasteiger partial charge >= 0.3 is 6.03 Å². The number of carbonyl (C=O) groups excluding carboxylic acids is 2. The predicted octanol–water partition coefficient (Wildman–Crippen LogP) is 4.27. The molecule has 0 saturated heterocycles. The summed E-state index contributed by atoms with van der Waals surface area (Å²) in [6.45, 7) is 7.48. The molecule has 3 N–H and O–H groups in total. The number of carbonyl (C=O) groups is 2. The molecule has 0 atom stereocenters. The molecule has 0 bridgehead atoms. The van der Waals surface area contributed by atoms with Crippen molar-refractivity contribution in [3.8, 4) is 5.69 Å². The third-order valence-corrected chi connectivity index (χ3v) is 4.34. The van der Waals surface area contributed by atoms with E-state index in [2.05, 4.69) is 21.0 Å². The van der Waals surface area contributed by atoms with Gasteiger partial charge in [0.15, 0.2) is 0 Å². The van der Waals surface area contributed by atoms with Crippen LogP contribution in [-0.4, -0.2) is 27.8 Å². The first kappa shape index (κ1) is 20.1. The second-order valence-corrected chi connectivity index (χ2v) is 7.08. The predicted molar refractivity (Wildman–Crippen MR) is 115 cm³/mol. The molecule has 0 aliphatic carbocycles. The minimum atomic E-state index is -0.267. The van der Waals surface area contributed by atoms with Crippen molar-refractivity contribution in [3.63, 3.8) is 0 Å². The number of urea groups is 1. The number of rotatable bonds is 5. The maximum Gasteiger partial charge on any atom is 0.319 e. The lowest BCUT2D eigenvalue weighted by Crippen LogP contribution is -2.34. The summed E-state index contributed by atoms with van der Waals surface area (Å²) in [6, 6.07) is 16.5. The smallest absolute Gasteiger partial charge is 0.319 e. The molecule has 0 unspecified atom stereocenters. The molecular formula is C22H25N5O2. The average Bonchev–Trinajstić information content (AvgIpc) is 2.97. The first-order chi connectivity index (χ1) is 13.8. The Kier molecular flexibility index (Phi) is 5.97. The molecule has 1 heterocycles. The van der Waals surface area contributed by atoms with Crippen molar-refractivity contribution >= 4 is 23.3 Å². The maximum absolute atomic E-state index is 12.8. The van der Waals surface area contributed by atoms with Crippen LogP contribution in [0.5, 0.6) is 0 Å². The Balaban J connectivity index is 1.72. The summed E-state index contributed by atoms with van der Waals surface area (Å²) in [6.07, 6.45) is 0. The van der Waals surface area contributed by atoms with E-state index in [0.29, 0.717) is 22.6 Å². The molecule has 7 heteroatoms. The summed E-state index contributed by atoms with van der Waals surface area (Å²) in [5.41, 5.74) is 4.17. The van der Waals surface area contributed by atoms with Gasteiger partial charge in [0.25, 0.3) is 5.91 Å². The molecule has 2 aromatic carbocycles. The van der Waals surface area contributed by atoms with Crippen molar-refractivity contribution in [2.75, 3.05) is 10.6 Å². The summed E-state index contributed by atoms with van der Waals surface area (Å²) >= 11 is 0. The lowest BCUT2D eigenvalue weighted by atomic mass is 10.1. The first-order valence-electron chi connectivity index (χ1n) is 9.45. The summed E-state index contributed by atoms with van der Waals surface area (Å²) in [5.74, 6) is -0.222. The van der Waals surface area contributed by atoms with Crippen LogP contribution >= 0.6 is 0 Å².